The Bertz CT molecular complexity index is 626. The molecule has 3 rings (SSSR count). The van der Waals surface area contributed by atoms with Gasteiger partial charge in [-0.05, 0) is 43.9 Å². The van der Waals surface area contributed by atoms with Crippen LogP contribution in [-0.4, -0.2) is 28.6 Å². The van der Waals surface area contributed by atoms with E-state index in [1.54, 1.807) is 12.3 Å². The minimum atomic E-state index is -0.437. The smallest absolute Gasteiger partial charge is 0.250 e. The lowest BCUT2D eigenvalue weighted by atomic mass is 10.1. The Balaban J connectivity index is 2.09. The average Bonchev–Trinajstić information content (AvgIpc) is 2.74. The predicted octanol–water partition coefficient (Wildman–Crippen LogP) is 1.73. The first kappa shape index (κ1) is 12.0. The Morgan fingerprint density at radius 2 is 2.00 bits per heavy atom. The van der Waals surface area contributed by atoms with Crippen molar-refractivity contribution in [2.45, 2.75) is 26.2 Å². The number of anilines is 1. The fourth-order valence-corrected chi connectivity index (χ4v) is 2.80. The van der Waals surface area contributed by atoms with E-state index in [4.69, 9.17) is 5.73 Å². The van der Waals surface area contributed by atoms with Crippen LogP contribution in [0.4, 0.5) is 5.82 Å². The predicted molar refractivity (Wildman–Crippen MR) is 74.5 cm³/mol. The summed E-state index contributed by atoms with van der Waals surface area (Å²) in [5, 5.41) is 4.37. The molecule has 2 aromatic rings. The number of nitrogens with zero attached hydrogens (tertiary/aromatic N) is 3. The number of amides is 1. The number of aromatic nitrogens is 2. The van der Waals surface area contributed by atoms with Gasteiger partial charge < -0.3 is 10.6 Å². The SMILES string of the molecule is Cc1cc2cc(C(N)=O)cnn2c1N1CCCCC1. The van der Waals surface area contributed by atoms with E-state index in [1.165, 1.54) is 24.8 Å². The first-order valence-corrected chi connectivity index (χ1v) is 6.70. The zero-order valence-corrected chi connectivity index (χ0v) is 11.1. The van der Waals surface area contributed by atoms with Crippen LogP contribution in [0.2, 0.25) is 0 Å². The summed E-state index contributed by atoms with van der Waals surface area (Å²) in [6.45, 7) is 4.24. The molecule has 0 radical (unpaired) electrons. The van der Waals surface area contributed by atoms with Gasteiger partial charge in [0, 0.05) is 13.1 Å². The minimum Gasteiger partial charge on any atom is -0.366 e. The van der Waals surface area contributed by atoms with Crippen molar-refractivity contribution in [2.24, 2.45) is 5.73 Å². The van der Waals surface area contributed by atoms with Gasteiger partial charge in [-0.2, -0.15) is 5.10 Å². The van der Waals surface area contributed by atoms with E-state index in [1.807, 2.05) is 4.52 Å². The van der Waals surface area contributed by atoms with E-state index in [0.29, 0.717) is 5.56 Å². The first-order chi connectivity index (χ1) is 9.16. The normalized spacial score (nSPS) is 15.9. The van der Waals surface area contributed by atoms with Crippen molar-refractivity contribution < 1.29 is 4.79 Å². The molecule has 19 heavy (non-hydrogen) atoms. The third kappa shape index (κ3) is 2.05. The molecule has 3 heterocycles. The molecule has 0 bridgehead atoms. The fourth-order valence-electron chi connectivity index (χ4n) is 2.80. The van der Waals surface area contributed by atoms with E-state index in [0.717, 1.165) is 24.4 Å². The van der Waals surface area contributed by atoms with Crippen LogP contribution in [0.15, 0.2) is 18.3 Å². The number of carbonyl (C=O) groups excluding carboxylic acids is 1. The summed E-state index contributed by atoms with van der Waals surface area (Å²) in [7, 11) is 0. The van der Waals surface area contributed by atoms with E-state index in [-0.39, 0.29) is 0 Å². The summed E-state index contributed by atoms with van der Waals surface area (Å²) in [6.07, 6.45) is 5.30. The Morgan fingerprint density at radius 1 is 1.26 bits per heavy atom. The van der Waals surface area contributed by atoms with Gasteiger partial charge in [-0.25, -0.2) is 4.52 Å². The molecule has 5 nitrogen and oxygen atoms in total. The van der Waals surface area contributed by atoms with Crippen LogP contribution in [0, 0.1) is 6.92 Å². The molecule has 0 spiro atoms. The minimum absolute atomic E-state index is 0.437. The fraction of sp³-hybridized carbons (Fsp3) is 0.429. The maximum atomic E-state index is 11.2. The molecule has 100 valence electrons. The van der Waals surface area contributed by atoms with E-state index >= 15 is 0 Å². The van der Waals surface area contributed by atoms with Crippen molar-refractivity contribution in [3.05, 3.63) is 29.5 Å². The highest BCUT2D eigenvalue weighted by molar-refractivity contribution is 5.93. The van der Waals surface area contributed by atoms with Gasteiger partial charge in [-0.1, -0.05) is 0 Å². The molecule has 1 saturated heterocycles. The van der Waals surface area contributed by atoms with Crippen LogP contribution < -0.4 is 10.6 Å². The molecule has 5 heteroatoms. The van der Waals surface area contributed by atoms with Crippen molar-refractivity contribution in [3.63, 3.8) is 0 Å². The molecule has 0 aliphatic carbocycles. The van der Waals surface area contributed by atoms with Crippen molar-refractivity contribution in [1.29, 1.82) is 0 Å². The monoisotopic (exact) mass is 258 g/mol. The summed E-state index contributed by atoms with van der Waals surface area (Å²) >= 11 is 0. The molecule has 1 amide bonds. The van der Waals surface area contributed by atoms with Gasteiger partial charge in [-0.15, -0.1) is 0 Å². The van der Waals surface area contributed by atoms with Gasteiger partial charge in [0.05, 0.1) is 17.3 Å². The second kappa shape index (κ2) is 4.57. The second-order valence-corrected chi connectivity index (χ2v) is 5.14. The number of nitrogens with two attached hydrogens (primary N) is 1. The number of primary amides is 1. The summed E-state index contributed by atoms with van der Waals surface area (Å²) in [4.78, 5) is 13.6. The summed E-state index contributed by atoms with van der Waals surface area (Å²) in [5.74, 6) is 0.707. The van der Waals surface area contributed by atoms with Crippen molar-refractivity contribution in [1.82, 2.24) is 9.61 Å². The standard InChI is InChI=1S/C14H18N4O/c1-10-7-12-8-11(13(15)19)9-16-18(12)14(10)17-5-3-2-4-6-17/h7-9H,2-6H2,1H3,(H2,15,19). The van der Waals surface area contributed by atoms with Gasteiger partial charge in [-0.3, -0.25) is 4.79 Å². The van der Waals surface area contributed by atoms with Crippen molar-refractivity contribution >= 4 is 17.2 Å². The number of hydrogen-bond acceptors (Lipinski definition) is 3. The van der Waals surface area contributed by atoms with Gasteiger partial charge in [0.1, 0.15) is 5.82 Å². The molecule has 1 fully saturated rings. The van der Waals surface area contributed by atoms with Gasteiger partial charge >= 0.3 is 0 Å². The summed E-state index contributed by atoms with van der Waals surface area (Å²) < 4.78 is 1.91. The van der Waals surface area contributed by atoms with Crippen LogP contribution in [0.5, 0.6) is 0 Å². The Hall–Kier alpha value is -2.04. The zero-order chi connectivity index (χ0) is 13.4. The van der Waals surface area contributed by atoms with E-state index in [9.17, 15) is 4.79 Å². The summed E-state index contributed by atoms with van der Waals surface area (Å²) in [5.41, 5.74) is 7.86. The number of aryl methyl sites for hydroxylation is 1. The Morgan fingerprint density at radius 3 is 2.68 bits per heavy atom. The largest absolute Gasteiger partial charge is 0.366 e. The van der Waals surface area contributed by atoms with Crippen LogP contribution in [0.25, 0.3) is 5.52 Å². The molecule has 2 N–H and O–H groups in total. The van der Waals surface area contributed by atoms with Crippen molar-refractivity contribution in [2.75, 3.05) is 18.0 Å². The third-order valence-corrected chi connectivity index (χ3v) is 3.72. The van der Waals surface area contributed by atoms with Gasteiger partial charge in [0.15, 0.2) is 0 Å². The lowest BCUT2D eigenvalue weighted by molar-refractivity contribution is 0.1000. The van der Waals surface area contributed by atoms with Gasteiger partial charge in [0.2, 0.25) is 5.91 Å². The molecule has 2 aromatic heterocycles. The maximum Gasteiger partial charge on any atom is 0.250 e. The quantitative estimate of drug-likeness (QED) is 0.892. The van der Waals surface area contributed by atoms with E-state index in [2.05, 4.69) is 23.0 Å². The molecule has 0 unspecified atom stereocenters. The van der Waals surface area contributed by atoms with Crippen LogP contribution in [-0.2, 0) is 0 Å². The number of rotatable bonds is 2. The van der Waals surface area contributed by atoms with Crippen LogP contribution in [0.1, 0.15) is 35.2 Å². The highest BCUT2D eigenvalue weighted by Gasteiger charge is 2.18. The molecule has 1 aliphatic heterocycles. The van der Waals surface area contributed by atoms with Crippen molar-refractivity contribution in [3.8, 4) is 0 Å². The van der Waals surface area contributed by atoms with E-state index < -0.39 is 5.91 Å². The first-order valence-electron chi connectivity index (χ1n) is 6.70. The lowest BCUT2D eigenvalue weighted by Crippen LogP contribution is -2.31. The number of fused-ring (bicyclic) bond motifs is 1. The average molecular weight is 258 g/mol. The number of carbonyl (C=O) groups is 1. The van der Waals surface area contributed by atoms with Crippen LogP contribution in [0.3, 0.4) is 0 Å². The highest BCUT2D eigenvalue weighted by atomic mass is 16.1. The molecule has 0 saturated carbocycles. The summed E-state index contributed by atoms with van der Waals surface area (Å²) in [6, 6.07) is 3.86. The van der Waals surface area contributed by atoms with Crippen LogP contribution >= 0.6 is 0 Å². The molecular formula is C14H18N4O. The third-order valence-electron chi connectivity index (χ3n) is 3.72. The van der Waals surface area contributed by atoms with Gasteiger partial charge in [0.25, 0.3) is 0 Å². The molecule has 0 atom stereocenters. The number of hydrogen-bond donors (Lipinski definition) is 1. The topological polar surface area (TPSA) is 63.6 Å². The Kier molecular flexibility index (Phi) is 2.89. The number of piperidine rings is 1. The maximum absolute atomic E-state index is 11.2. The molecule has 0 aromatic carbocycles. The lowest BCUT2D eigenvalue weighted by Gasteiger charge is -2.28. The molecule has 1 aliphatic rings. The highest BCUT2D eigenvalue weighted by Crippen LogP contribution is 2.26. The Labute approximate surface area is 112 Å². The second-order valence-electron chi connectivity index (χ2n) is 5.14. The molecular weight excluding hydrogens is 240 g/mol. The zero-order valence-electron chi connectivity index (χ0n) is 11.1.